The molecule has 0 radical (unpaired) electrons. The molecular weight excluding hydrogens is 401 g/mol. The first-order valence-electron chi connectivity index (χ1n) is 11.0. The van der Waals surface area contributed by atoms with Gasteiger partial charge < -0.3 is 4.74 Å². The van der Waals surface area contributed by atoms with Crippen LogP contribution in [0.5, 0.6) is 0 Å². The maximum atomic E-state index is 16.1. The van der Waals surface area contributed by atoms with Crippen molar-refractivity contribution in [2.24, 2.45) is 0 Å². The lowest BCUT2D eigenvalue weighted by molar-refractivity contribution is -0.166. The molecule has 0 aliphatic heterocycles. The highest BCUT2D eigenvalue weighted by Crippen LogP contribution is 2.34. The molecule has 0 saturated heterocycles. The summed E-state index contributed by atoms with van der Waals surface area (Å²) in [6.07, 6.45) is -1.54. The van der Waals surface area contributed by atoms with Gasteiger partial charge in [0.15, 0.2) is 6.17 Å². The SMILES string of the molecule is C[C@H](c1ccccc1)N(Cc1ccccc1)[C@H](C(=O)OC(C)(C)C)[C@@H](F)c1ccccc1. The molecule has 3 aromatic rings. The number of halogens is 1. The van der Waals surface area contributed by atoms with Gasteiger partial charge in [-0.1, -0.05) is 91.0 Å². The molecule has 3 rings (SSSR count). The first-order chi connectivity index (χ1) is 15.3. The van der Waals surface area contributed by atoms with Gasteiger partial charge in [-0.25, -0.2) is 4.39 Å². The monoisotopic (exact) mass is 433 g/mol. The number of alkyl halides is 1. The van der Waals surface area contributed by atoms with Gasteiger partial charge in [-0.2, -0.15) is 0 Å². The van der Waals surface area contributed by atoms with Crippen LogP contribution in [0.4, 0.5) is 4.39 Å². The largest absolute Gasteiger partial charge is 0.459 e. The van der Waals surface area contributed by atoms with Crippen LogP contribution in [0.15, 0.2) is 91.0 Å². The van der Waals surface area contributed by atoms with Gasteiger partial charge in [0.05, 0.1) is 0 Å². The van der Waals surface area contributed by atoms with E-state index >= 15 is 4.39 Å². The highest BCUT2D eigenvalue weighted by molar-refractivity contribution is 5.77. The number of carbonyl (C=O) groups is 1. The average molecular weight is 434 g/mol. The second-order valence-corrected chi connectivity index (χ2v) is 9.04. The van der Waals surface area contributed by atoms with Crippen molar-refractivity contribution >= 4 is 5.97 Å². The summed E-state index contributed by atoms with van der Waals surface area (Å²) >= 11 is 0. The molecule has 0 fully saturated rings. The maximum absolute atomic E-state index is 16.1. The second-order valence-electron chi connectivity index (χ2n) is 9.04. The smallest absolute Gasteiger partial charge is 0.327 e. The Bertz CT molecular complexity index is 971. The lowest BCUT2D eigenvalue weighted by atomic mass is 9.97. The molecular formula is C28H32FNO2. The summed E-state index contributed by atoms with van der Waals surface area (Å²) in [4.78, 5) is 15.4. The topological polar surface area (TPSA) is 29.5 Å². The van der Waals surface area contributed by atoms with E-state index in [2.05, 4.69) is 0 Å². The van der Waals surface area contributed by atoms with Gasteiger partial charge in [0.1, 0.15) is 11.6 Å². The minimum absolute atomic E-state index is 0.212. The van der Waals surface area contributed by atoms with Crippen molar-refractivity contribution in [2.45, 2.75) is 58.1 Å². The number of ether oxygens (including phenoxy) is 1. The van der Waals surface area contributed by atoms with Crippen LogP contribution in [0, 0.1) is 0 Å². The lowest BCUT2D eigenvalue weighted by Crippen LogP contribution is -2.47. The first kappa shape index (κ1) is 23.7. The van der Waals surface area contributed by atoms with E-state index in [0.717, 1.165) is 11.1 Å². The Balaban J connectivity index is 2.07. The Morgan fingerprint density at radius 3 is 1.81 bits per heavy atom. The molecule has 0 heterocycles. The second kappa shape index (κ2) is 10.6. The molecule has 0 aliphatic rings. The zero-order chi connectivity index (χ0) is 23.1. The Labute approximate surface area is 190 Å². The van der Waals surface area contributed by atoms with Crippen LogP contribution in [-0.4, -0.2) is 22.5 Å². The van der Waals surface area contributed by atoms with Crippen molar-refractivity contribution < 1.29 is 13.9 Å². The fourth-order valence-corrected chi connectivity index (χ4v) is 3.80. The van der Waals surface area contributed by atoms with Gasteiger partial charge in [-0.3, -0.25) is 9.69 Å². The van der Waals surface area contributed by atoms with E-state index in [-0.39, 0.29) is 6.04 Å². The number of carbonyl (C=O) groups excluding carboxylic acids is 1. The molecule has 32 heavy (non-hydrogen) atoms. The number of esters is 1. The van der Waals surface area contributed by atoms with Gasteiger partial charge in [0, 0.05) is 12.6 Å². The van der Waals surface area contributed by atoms with E-state index in [0.29, 0.717) is 12.1 Å². The van der Waals surface area contributed by atoms with Crippen molar-refractivity contribution in [1.82, 2.24) is 4.90 Å². The van der Waals surface area contributed by atoms with Gasteiger partial charge in [0.2, 0.25) is 0 Å². The van der Waals surface area contributed by atoms with Crippen LogP contribution in [0.3, 0.4) is 0 Å². The lowest BCUT2D eigenvalue weighted by Gasteiger charge is -2.38. The molecule has 0 spiro atoms. The number of benzene rings is 3. The van der Waals surface area contributed by atoms with E-state index in [1.54, 1.807) is 45.0 Å². The van der Waals surface area contributed by atoms with E-state index in [9.17, 15) is 4.79 Å². The maximum Gasteiger partial charge on any atom is 0.327 e. The zero-order valence-corrected chi connectivity index (χ0v) is 19.2. The summed E-state index contributed by atoms with van der Waals surface area (Å²) < 4.78 is 21.8. The van der Waals surface area contributed by atoms with E-state index in [4.69, 9.17) is 4.74 Å². The summed E-state index contributed by atoms with van der Waals surface area (Å²) in [7, 11) is 0. The Morgan fingerprint density at radius 2 is 1.31 bits per heavy atom. The third-order valence-corrected chi connectivity index (χ3v) is 5.39. The van der Waals surface area contributed by atoms with Crippen LogP contribution >= 0.6 is 0 Å². The van der Waals surface area contributed by atoms with E-state index in [1.165, 1.54) is 0 Å². The summed E-state index contributed by atoms with van der Waals surface area (Å²) in [5, 5.41) is 0. The molecule has 0 aromatic heterocycles. The minimum Gasteiger partial charge on any atom is -0.459 e. The van der Waals surface area contributed by atoms with Gasteiger partial charge in [-0.15, -0.1) is 0 Å². The molecule has 3 aromatic carbocycles. The third kappa shape index (κ3) is 6.27. The van der Waals surface area contributed by atoms with Crippen LogP contribution < -0.4 is 0 Å². The molecule has 0 bridgehead atoms. The summed E-state index contributed by atoms with van der Waals surface area (Å²) in [5.41, 5.74) is 1.75. The zero-order valence-electron chi connectivity index (χ0n) is 19.2. The van der Waals surface area contributed by atoms with E-state index < -0.39 is 23.8 Å². The minimum atomic E-state index is -1.54. The predicted molar refractivity (Wildman–Crippen MR) is 127 cm³/mol. The van der Waals surface area contributed by atoms with Crippen molar-refractivity contribution in [2.75, 3.05) is 0 Å². The highest BCUT2D eigenvalue weighted by atomic mass is 19.1. The predicted octanol–water partition coefficient (Wildman–Crippen LogP) is 6.67. The molecule has 168 valence electrons. The number of hydrogen-bond acceptors (Lipinski definition) is 3. The van der Waals surface area contributed by atoms with E-state index in [1.807, 2.05) is 78.6 Å². The van der Waals surface area contributed by atoms with Crippen LogP contribution in [0.2, 0.25) is 0 Å². The Morgan fingerprint density at radius 1 is 0.844 bits per heavy atom. The van der Waals surface area contributed by atoms with Crippen LogP contribution in [0.1, 0.15) is 56.6 Å². The average Bonchev–Trinajstić information content (AvgIpc) is 2.78. The Hall–Kier alpha value is -2.98. The third-order valence-electron chi connectivity index (χ3n) is 5.39. The van der Waals surface area contributed by atoms with Crippen LogP contribution in [0.25, 0.3) is 0 Å². The van der Waals surface area contributed by atoms with Gasteiger partial charge in [-0.05, 0) is 44.4 Å². The quantitative estimate of drug-likeness (QED) is 0.372. The van der Waals surface area contributed by atoms with Crippen molar-refractivity contribution in [3.05, 3.63) is 108 Å². The van der Waals surface area contributed by atoms with Gasteiger partial charge in [0.25, 0.3) is 0 Å². The summed E-state index contributed by atoms with van der Waals surface area (Å²) in [6.45, 7) is 7.83. The van der Waals surface area contributed by atoms with Crippen molar-refractivity contribution in [3.63, 3.8) is 0 Å². The standard InChI is InChI=1S/C28H32FNO2/c1-21(23-16-10-6-11-17-23)30(20-22-14-8-5-9-15-22)26(27(31)32-28(2,3)4)25(29)24-18-12-7-13-19-24/h5-19,21,25-26H,20H2,1-4H3/t21-,25+,26+/m1/s1. The Kier molecular flexibility index (Phi) is 7.81. The molecule has 0 saturated carbocycles. The molecule has 4 heteroatoms. The molecule has 0 N–H and O–H groups in total. The van der Waals surface area contributed by atoms with Gasteiger partial charge >= 0.3 is 5.97 Å². The summed E-state index contributed by atoms with van der Waals surface area (Å²) in [6, 6.07) is 27.2. The van der Waals surface area contributed by atoms with Crippen LogP contribution in [-0.2, 0) is 16.1 Å². The molecule has 0 amide bonds. The highest BCUT2D eigenvalue weighted by Gasteiger charge is 2.40. The first-order valence-corrected chi connectivity index (χ1v) is 11.0. The number of hydrogen-bond donors (Lipinski definition) is 0. The molecule has 0 unspecified atom stereocenters. The number of rotatable bonds is 8. The molecule has 3 nitrogen and oxygen atoms in total. The van der Waals surface area contributed by atoms with Crippen molar-refractivity contribution in [1.29, 1.82) is 0 Å². The normalized spacial score (nSPS) is 14.6. The molecule has 3 atom stereocenters. The number of nitrogens with zero attached hydrogens (tertiary/aromatic N) is 1. The molecule has 0 aliphatic carbocycles. The summed E-state index contributed by atoms with van der Waals surface area (Å²) in [5.74, 6) is -0.562. The fraction of sp³-hybridized carbons (Fsp3) is 0.321. The fourth-order valence-electron chi connectivity index (χ4n) is 3.80. The van der Waals surface area contributed by atoms with Crippen molar-refractivity contribution in [3.8, 4) is 0 Å².